The predicted molar refractivity (Wildman–Crippen MR) is 251 cm³/mol. The number of nitrogens with zero attached hydrogens (tertiary/aromatic N) is 5. The van der Waals surface area contributed by atoms with E-state index in [9.17, 15) is 0 Å². The Hall–Kier alpha value is -7.83. The highest BCUT2D eigenvalue weighted by atomic mass is 16.5. The minimum atomic E-state index is -0.253. The van der Waals surface area contributed by atoms with Gasteiger partial charge in [0.05, 0.1) is 28.7 Å². The maximum Gasteiger partial charge on any atom is 0.137 e. The molecule has 4 heterocycles. The normalized spacial score (nSPS) is 12.9. The fourth-order valence-electron chi connectivity index (χ4n) is 8.93. The third-order valence-electron chi connectivity index (χ3n) is 12.1. The van der Waals surface area contributed by atoms with E-state index in [0.29, 0.717) is 6.67 Å². The van der Waals surface area contributed by atoms with E-state index in [2.05, 4.69) is 239 Å². The Kier molecular flexibility index (Phi) is 8.78. The molecule has 0 spiro atoms. The van der Waals surface area contributed by atoms with Gasteiger partial charge in [-0.1, -0.05) is 129 Å². The second-order valence-corrected chi connectivity index (χ2v) is 16.2. The van der Waals surface area contributed by atoms with Crippen LogP contribution in [0.1, 0.15) is 25.0 Å². The van der Waals surface area contributed by atoms with Crippen LogP contribution in [-0.2, 0) is 5.41 Å². The van der Waals surface area contributed by atoms with E-state index in [1.807, 2.05) is 6.20 Å². The first kappa shape index (κ1) is 36.3. The summed E-state index contributed by atoms with van der Waals surface area (Å²) in [7, 11) is 0. The van der Waals surface area contributed by atoms with Crippen LogP contribution in [0.3, 0.4) is 0 Å². The number of aromatic nitrogens is 3. The zero-order valence-corrected chi connectivity index (χ0v) is 34.1. The highest BCUT2D eigenvalue weighted by Crippen LogP contribution is 2.43. The standard InChI is InChI=1S/C55H43N5O/c1-55(2,41-19-9-4-10-20-41)42-29-30-56-52(35-42)60-51-37-46(27-28-49(51)53-54(60)48-25-15-16-26-50(48)59(53)44-23-13-6-14-24-44)61-47-34-40(39-17-7-3-8-18-39)33-45(36-47)58-32-31-57(38-58)43-21-11-5-12-22-43/h3-37H,38H2,1-2H3. The number of pyridine rings is 1. The van der Waals surface area contributed by atoms with Crippen molar-refractivity contribution >= 4 is 44.2 Å². The molecule has 3 aromatic heterocycles. The van der Waals surface area contributed by atoms with Gasteiger partial charge in [0.1, 0.15) is 17.3 Å². The third-order valence-corrected chi connectivity index (χ3v) is 12.1. The largest absolute Gasteiger partial charge is 0.457 e. The maximum absolute atomic E-state index is 6.96. The first-order valence-corrected chi connectivity index (χ1v) is 20.8. The smallest absolute Gasteiger partial charge is 0.137 e. The van der Waals surface area contributed by atoms with E-state index in [1.165, 1.54) is 11.1 Å². The van der Waals surface area contributed by atoms with Gasteiger partial charge in [-0.05, 0) is 89.0 Å². The minimum absolute atomic E-state index is 0.253. The molecule has 1 aliphatic rings. The minimum Gasteiger partial charge on any atom is -0.457 e. The zero-order chi connectivity index (χ0) is 40.9. The molecule has 0 N–H and O–H groups in total. The average Bonchev–Trinajstić information content (AvgIpc) is 4.03. The van der Waals surface area contributed by atoms with E-state index in [4.69, 9.17) is 9.72 Å². The number of para-hydroxylation sites is 3. The fourth-order valence-corrected chi connectivity index (χ4v) is 8.93. The van der Waals surface area contributed by atoms with Crippen molar-refractivity contribution in [3.8, 4) is 34.1 Å². The molecular weight excluding hydrogens is 747 g/mol. The van der Waals surface area contributed by atoms with Gasteiger partial charge in [0.15, 0.2) is 0 Å². The summed E-state index contributed by atoms with van der Waals surface area (Å²) in [6.07, 6.45) is 6.22. The van der Waals surface area contributed by atoms with Gasteiger partial charge in [-0.15, -0.1) is 0 Å². The molecule has 0 atom stereocenters. The van der Waals surface area contributed by atoms with Gasteiger partial charge in [0.2, 0.25) is 0 Å². The van der Waals surface area contributed by atoms with Crippen molar-refractivity contribution in [2.24, 2.45) is 0 Å². The van der Waals surface area contributed by atoms with Crippen LogP contribution in [0, 0.1) is 0 Å². The number of hydrogen-bond donors (Lipinski definition) is 0. The Morgan fingerprint density at radius 3 is 1.84 bits per heavy atom. The molecule has 7 aromatic carbocycles. The Morgan fingerprint density at radius 1 is 0.459 bits per heavy atom. The average molecular weight is 790 g/mol. The van der Waals surface area contributed by atoms with E-state index >= 15 is 0 Å². The van der Waals surface area contributed by atoms with Crippen LogP contribution in [0.15, 0.2) is 213 Å². The molecule has 0 fully saturated rings. The lowest BCUT2D eigenvalue weighted by Gasteiger charge is -2.26. The summed E-state index contributed by atoms with van der Waals surface area (Å²) in [6, 6.07) is 68.4. The molecule has 0 aliphatic carbocycles. The van der Waals surface area contributed by atoms with E-state index < -0.39 is 0 Å². The van der Waals surface area contributed by atoms with Crippen LogP contribution >= 0.6 is 0 Å². The Morgan fingerprint density at radius 2 is 1.08 bits per heavy atom. The highest BCUT2D eigenvalue weighted by molar-refractivity contribution is 6.20. The van der Waals surface area contributed by atoms with Crippen LogP contribution in [-0.4, -0.2) is 20.8 Å². The lowest BCUT2D eigenvalue weighted by molar-refractivity contribution is 0.483. The molecule has 0 bridgehead atoms. The first-order chi connectivity index (χ1) is 30.0. The SMILES string of the molecule is CC(C)(c1ccccc1)c1ccnc(-n2c3cc(Oc4cc(-c5ccccc5)cc(N5C=CN(c6ccccc6)C5)c4)ccc3c3c2c2ccccc2n3-c2ccccc2)c1. The topological polar surface area (TPSA) is 38.5 Å². The third kappa shape index (κ3) is 6.41. The van der Waals surface area contributed by atoms with Gasteiger partial charge >= 0.3 is 0 Å². The lowest BCUT2D eigenvalue weighted by Crippen LogP contribution is -2.24. The van der Waals surface area contributed by atoms with Crippen LogP contribution in [0.25, 0.3) is 55.5 Å². The van der Waals surface area contributed by atoms with Crippen molar-refractivity contribution in [1.82, 2.24) is 14.1 Å². The van der Waals surface area contributed by atoms with Gasteiger partial charge in [0, 0.05) is 64.0 Å². The summed E-state index contributed by atoms with van der Waals surface area (Å²) >= 11 is 0. The highest BCUT2D eigenvalue weighted by Gasteiger charge is 2.27. The van der Waals surface area contributed by atoms with Crippen molar-refractivity contribution in [3.05, 3.63) is 224 Å². The van der Waals surface area contributed by atoms with E-state index in [1.54, 1.807) is 0 Å². The summed E-state index contributed by atoms with van der Waals surface area (Å²) in [5.41, 5.74) is 12.1. The Balaban J connectivity index is 1.08. The second kappa shape index (κ2) is 14.8. The quantitative estimate of drug-likeness (QED) is 0.146. The molecule has 294 valence electrons. The van der Waals surface area contributed by atoms with Gasteiger partial charge in [-0.25, -0.2) is 4.98 Å². The molecule has 0 radical (unpaired) electrons. The molecule has 0 amide bonds. The number of hydrogen-bond acceptors (Lipinski definition) is 4. The number of ether oxygens (including phenoxy) is 1. The Labute approximate surface area is 355 Å². The van der Waals surface area contributed by atoms with Crippen molar-refractivity contribution in [1.29, 1.82) is 0 Å². The molecule has 6 heteroatoms. The molecule has 10 aromatic rings. The van der Waals surface area contributed by atoms with Crippen molar-refractivity contribution in [3.63, 3.8) is 0 Å². The number of fused-ring (bicyclic) bond motifs is 5. The molecule has 61 heavy (non-hydrogen) atoms. The van der Waals surface area contributed by atoms with Crippen LogP contribution in [0.5, 0.6) is 11.5 Å². The molecule has 11 rings (SSSR count). The second-order valence-electron chi connectivity index (χ2n) is 16.2. The lowest BCUT2D eigenvalue weighted by atomic mass is 9.78. The van der Waals surface area contributed by atoms with Crippen LogP contribution in [0.2, 0.25) is 0 Å². The fraction of sp³-hybridized carbons (Fsp3) is 0.0727. The summed E-state index contributed by atoms with van der Waals surface area (Å²) < 4.78 is 11.7. The van der Waals surface area contributed by atoms with Gasteiger partial charge in [-0.2, -0.15) is 0 Å². The summed E-state index contributed by atoms with van der Waals surface area (Å²) in [5.74, 6) is 2.35. The maximum atomic E-state index is 6.96. The predicted octanol–water partition coefficient (Wildman–Crippen LogP) is 13.7. The van der Waals surface area contributed by atoms with E-state index in [0.717, 1.165) is 78.3 Å². The number of anilines is 2. The van der Waals surface area contributed by atoms with E-state index in [-0.39, 0.29) is 5.41 Å². The van der Waals surface area contributed by atoms with Gasteiger partial charge < -0.3 is 19.1 Å². The van der Waals surface area contributed by atoms with Crippen LogP contribution < -0.4 is 14.5 Å². The summed E-state index contributed by atoms with van der Waals surface area (Å²) in [5, 5.41) is 2.26. The van der Waals surface area contributed by atoms with Crippen molar-refractivity contribution in [2.45, 2.75) is 19.3 Å². The molecule has 1 aliphatic heterocycles. The molecule has 6 nitrogen and oxygen atoms in total. The monoisotopic (exact) mass is 789 g/mol. The molecule has 0 saturated carbocycles. The van der Waals surface area contributed by atoms with Gasteiger partial charge in [-0.3, -0.25) is 4.57 Å². The first-order valence-electron chi connectivity index (χ1n) is 20.8. The molecule has 0 unspecified atom stereocenters. The van der Waals surface area contributed by atoms with Crippen molar-refractivity contribution < 1.29 is 4.74 Å². The van der Waals surface area contributed by atoms with Crippen LogP contribution in [0.4, 0.5) is 11.4 Å². The molecule has 0 saturated heterocycles. The molecular formula is C55H43N5O. The zero-order valence-electron chi connectivity index (χ0n) is 34.1. The number of benzene rings is 7. The summed E-state index contributed by atoms with van der Waals surface area (Å²) in [6.45, 7) is 5.26. The van der Waals surface area contributed by atoms with Crippen molar-refractivity contribution in [2.75, 3.05) is 16.5 Å². The Bertz CT molecular complexity index is 3220. The number of rotatable bonds is 9. The summed E-state index contributed by atoms with van der Waals surface area (Å²) in [4.78, 5) is 9.63. The van der Waals surface area contributed by atoms with Gasteiger partial charge in [0.25, 0.3) is 0 Å².